The van der Waals surface area contributed by atoms with Crippen molar-refractivity contribution in [1.29, 1.82) is 0 Å². The average Bonchev–Trinajstić information content (AvgIpc) is 2.79. The Hall–Kier alpha value is -0.100. The lowest BCUT2D eigenvalue weighted by molar-refractivity contribution is 0.464. The molecule has 0 fully saturated rings. The zero-order valence-corrected chi connectivity index (χ0v) is 11.9. The minimum atomic E-state index is 0.102. The standard InChI is InChI=1S/C10H9Br2NOS/c1-13-9(7-2-3-8(12)15-7)10-6(11)4-5-14-10/h2-5,9,13H,1H3. The van der Waals surface area contributed by atoms with Gasteiger partial charge in [0.2, 0.25) is 0 Å². The summed E-state index contributed by atoms with van der Waals surface area (Å²) in [6, 6.07) is 6.14. The molecule has 1 N–H and O–H groups in total. The van der Waals surface area contributed by atoms with E-state index in [9.17, 15) is 0 Å². The van der Waals surface area contributed by atoms with Crippen LogP contribution in [0.15, 0.2) is 37.1 Å². The van der Waals surface area contributed by atoms with Gasteiger partial charge in [0.25, 0.3) is 0 Å². The Morgan fingerprint density at radius 2 is 2.13 bits per heavy atom. The number of hydrogen-bond donors (Lipinski definition) is 1. The smallest absolute Gasteiger partial charge is 0.140 e. The Balaban J connectivity index is 2.36. The van der Waals surface area contributed by atoms with E-state index in [0.717, 1.165) is 14.0 Å². The highest BCUT2D eigenvalue weighted by Gasteiger charge is 2.19. The van der Waals surface area contributed by atoms with E-state index in [1.807, 2.05) is 19.2 Å². The molecule has 1 unspecified atom stereocenters. The van der Waals surface area contributed by atoms with Crippen LogP contribution in [0.25, 0.3) is 0 Å². The molecule has 0 saturated heterocycles. The molecule has 0 aromatic carbocycles. The van der Waals surface area contributed by atoms with Gasteiger partial charge in [0.15, 0.2) is 0 Å². The van der Waals surface area contributed by atoms with Gasteiger partial charge in [-0.15, -0.1) is 11.3 Å². The van der Waals surface area contributed by atoms with Gasteiger partial charge in [-0.2, -0.15) is 0 Å². The third-order valence-electron chi connectivity index (χ3n) is 2.07. The van der Waals surface area contributed by atoms with E-state index in [4.69, 9.17) is 4.42 Å². The Morgan fingerprint density at radius 3 is 2.60 bits per heavy atom. The van der Waals surface area contributed by atoms with Gasteiger partial charge >= 0.3 is 0 Å². The second-order valence-corrected chi connectivity index (χ2v) is 6.35. The predicted molar refractivity (Wildman–Crippen MR) is 69.3 cm³/mol. The van der Waals surface area contributed by atoms with Crippen LogP contribution in [0.4, 0.5) is 0 Å². The zero-order chi connectivity index (χ0) is 10.8. The molecule has 0 spiro atoms. The number of thiophene rings is 1. The van der Waals surface area contributed by atoms with Crippen LogP contribution in [0.3, 0.4) is 0 Å². The van der Waals surface area contributed by atoms with Crippen molar-refractivity contribution in [3.05, 3.63) is 43.4 Å². The van der Waals surface area contributed by atoms with E-state index in [2.05, 4.69) is 43.2 Å². The molecule has 2 heterocycles. The van der Waals surface area contributed by atoms with E-state index in [0.29, 0.717) is 0 Å². The summed E-state index contributed by atoms with van der Waals surface area (Å²) in [4.78, 5) is 1.22. The van der Waals surface area contributed by atoms with Gasteiger partial charge in [-0.1, -0.05) is 0 Å². The number of hydrogen-bond acceptors (Lipinski definition) is 3. The molecule has 0 amide bonds. The first kappa shape index (κ1) is 11.4. The minimum Gasteiger partial charge on any atom is -0.466 e. The molecule has 0 aliphatic rings. The second-order valence-electron chi connectivity index (χ2n) is 3.00. The molecule has 1 atom stereocenters. The summed E-state index contributed by atoms with van der Waals surface area (Å²) >= 11 is 8.63. The highest BCUT2D eigenvalue weighted by Crippen LogP contribution is 2.34. The monoisotopic (exact) mass is 349 g/mol. The molecule has 15 heavy (non-hydrogen) atoms. The van der Waals surface area contributed by atoms with Gasteiger partial charge < -0.3 is 9.73 Å². The van der Waals surface area contributed by atoms with Crippen molar-refractivity contribution in [2.24, 2.45) is 0 Å². The van der Waals surface area contributed by atoms with E-state index in [1.165, 1.54) is 4.88 Å². The van der Waals surface area contributed by atoms with Crippen molar-refractivity contribution in [2.45, 2.75) is 6.04 Å². The summed E-state index contributed by atoms with van der Waals surface area (Å²) < 4.78 is 7.58. The molecular formula is C10H9Br2NOS. The maximum Gasteiger partial charge on any atom is 0.140 e. The molecule has 2 rings (SSSR count). The van der Waals surface area contributed by atoms with Crippen LogP contribution in [0.2, 0.25) is 0 Å². The van der Waals surface area contributed by atoms with Crippen molar-refractivity contribution < 1.29 is 4.42 Å². The largest absolute Gasteiger partial charge is 0.466 e. The summed E-state index contributed by atoms with van der Waals surface area (Å²) in [5, 5.41) is 3.24. The fourth-order valence-corrected chi connectivity index (χ4v) is 3.36. The van der Waals surface area contributed by atoms with E-state index >= 15 is 0 Å². The summed E-state index contributed by atoms with van der Waals surface area (Å²) in [5.41, 5.74) is 0. The summed E-state index contributed by atoms with van der Waals surface area (Å²) in [6.07, 6.45) is 1.69. The maximum atomic E-state index is 5.46. The fraction of sp³-hybridized carbons (Fsp3) is 0.200. The molecule has 0 aliphatic carbocycles. The first-order valence-electron chi connectivity index (χ1n) is 4.37. The zero-order valence-electron chi connectivity index (χ0n) is 7.96. The predicted octanol–water partition coefficient (Wildman–Crippen LogP) is 4.17. The molecule has 2 nitrogen and oxygen atoms in total. The van der Waals surface area contributed by atoms with Crippen molar-refractivity contribution in [1.82, 2.24) is 5.32 Å². The third-order valence-corrected chi connectivity index (χ3v) is 4.42. The molecule has 2 aromatic rings. The Bertz CT molecular complexity index is 452. The SMILES string of the molecule is CNC(c1ccc(Br)s1)c1occc1Br. The van der Waals surface area contributed by atoms with Gasteiger partial charge in [0.1, 0.15) is 11.8 Å². The quantitative estimate of drug-likeness (QED) is 0.898. The van der Waals surface area contributed by atoms with Crippen LogP contribution in [0, 0.1) is 0 Å². The maximum absolute atomic E-state index is 5.46. The van der Waals surface area contributed by atoms with Crippen molar-refractivity contribution in [2.75, 3.05) is 7.05 Å². The van der Waals surface area contributed by atoms with Crippen LogP contribution in [0.1, 0.15) is 16.7 Å². The Kier molecular flexibility index (Phi) is 3.66. The van der Waals surface area contributed by atoms with Gasteiger partial charge in [-0.3, -0.25) is 0 Å². The van der Waals surface area contributed by atoms with E-state index in [-0.39, 0.29) is 6.04 Å². The molecule has 80 valence electrons. The molecule has 0 saturated carbocycles. The minimum absolute atomic E-state index is 0.102. The number of halogens is 2. The van der Waals surface area contributed by atoms with Crippen molar-refractivity contribution >= 4 is 43.2 Å². The summed E-state index contributed by atoms with van der Waals surface area (Å²) in [5.74, 6) is 0.909. The van der Waals surface area contributed by atoms with Crippen LogP contribution < -0.4 is 5.32 Å². The number of furan rings is 1. The van der Waals surface area contributed by atoms with Crippen LogP contribution >= 0.6 is 43.2 Å². The van der Waals surface area contributed by atoms with Crippen LogP contribution in [-0.2, 0) is 0 Å². The summed E-state index contributed by atoms with van der Waals surface area (Å²) in [6.45, 7) is 0. The molecule has 2 aromatic heterocycles. The average molecular weight is 351 g/mol. The van der Waals surface area contributed by atoms with Crippen molar-refractivity contribution in [3.8, 4) is 0 Å². The van der Waals surface area contributed by atoms with E-state index < -0.39 is 0 Å². The lowest BCUT2D eigenvalue weighted by Gasteiger charge is -2.11. The molecular weight excluding hydrogens is 342 g/mol. The lowest BCUT2D eigenvalue weighted by Crippen LogP contribution is -2.16. The molecule has 0 aliphatic heterocycles. The first-order valence-corrected chi connectivity index (χ1v) is 6.78. The Morgan fingerprint density at radius 1 is 1.33 bits per heavy atom. The van der Waals surface area contributed by atoms with Gasteiger partial charge in [-0.05, 0) is 57.1 Å². The number of rotatable bonds is 3. The normalized spacial score (nSPS) is 13.0. The highest BCUT2D eigenvalue weighted by molar-refractivity contribution is 9.11. The number of nitrogens with one attached hydrogen (secondary N) is 1. The van der Waals surface area contributed by atoms with Crippen LogP contribution in [-0.4, -0.2) is 7.05 Å². The first-order chi connectivity index (χ1) is 7.22. The second kappa shape index (κ2) is 4.82. The van der Waals surface area contributed by atoms with Gasteiger partial charge in [0, 0.05) is 4.88 Å². The van der Waals surface area contributed by atoms with Crippen molar-refractivity contribution in [3.63, 3.8) is 0 Å². The summed E-state index contributed by atoms with van der Waals surface area (Å²) in [7, 11) is 1.92. The molecule has 5 heteroatoms. The third kappa shape index (κ3) is 2.36. The lowest BCUT2D eigenvalue weighted by atomic mass is 10.2. The topological polar surface area (TPSA) is 25.2 Å². The van der Waals surface area contributed by atoms with Crippen LogP contribution in [0.5, 0.6) is 0 Å². The van der Waals surface area contributed by atoms with Gasteiger partial charge in [0.05, 0.1) is 14.5 Å². The Labute approximate surface area is 109 Å². The van der Waals surface area contributed by atoms with E-state index in [1.54, 1.807) is 17.6 Å². The fourth-order valence-electron chi connectivity index (χ4n) is 1.40. The molecule has 0 bridgehead atoms. The van der Waals surface area contributed by atoms with Gasteiger partial charge in [-0.25, -0.2) is 0 Å². The molecule has 0 radical (unpaired) electrons. The highest BCUT2D eigenvalue weighted by atomic mass is 79.9.